The van der Waals surface area contributed by atoms with Gasteiger partial charge in [-0.1, -0.05) is 48.2 Å². The van der Waals surface area contributed by atoms with Gasteiger partial charge in [0.1, 0.15) is 0 Å². The highest BCUT2D eigenvalue weighted by molar-refractivity contribution is 7.99. The Labute approximate surface area is 168 Å². The summed E-state index contributed by atoms with van der Waals surface area (Å²) in [5, 5.41) is 8.61. The van der Waals surface area contributed by atoms with E-state index >= 15 is 0 Å². The topological polar surface area (TPSA) is 62.5 Å². The minimum atomic E-state index is 0.105. The van der Waals surface area contributed by atoms with Crippen molar-refractivity contribution in [2.75, 3.05) is 36.8 Å². The molecule has 1 aliphatic heterocycles. The summed E-state index contributed by atoms with van der Waals surface area (Å²) in [5.74, 6) is 0.902. The zero-order valence-corrected chi connectivity index (χ0v) is 16.6. The van der Waals surface area contributed by atoms with Crippen LogP contribution in [0.2, 0.25) is 0 Å². The predicted molar refractivity (Wildman–Crippen MR) is 110 cm³/mol. The van der Waals surface area contributed by atoms with Crippen molar-refractivity contribution in [1.82, 2.24) is 15.1 Å². The van der Waals surface area contributed by atoms with E-state index in [0.717, 1.165) is 37.3 Å². The van der Waals surface area contributed by atoms with E-state index in [2.05, 4.69) is 27.2 Å². The lowest BCUT2D eigenvalue weighted by molar-refractivity contribution is -0.128. The van der Waals surface area contributed by atoms with E-state index in [-0.39, 0.29) is 5.91 Å². The Morgan fingerprint density at radius 3 is 2.46 bits per heavy atom. The lowest BCUT2D eigenvalue weighted by Crippen LogP contribution is -2.49. The highest BCUT2D eigenvalue weighted by Crippen LogP contribution is 2.25. The van der Waals surface area contributed by atoms with Crippen LogP contribution >= 0.6 is 11.8 Å². The lowest BCUT2D eigenvalue weighted by Gasteiger charge is -2.36. The zero-order valence-electron chi connectivity index (χ0n) is 15.7. The van der Waals surface area contributed by atoms with Crippen LogP contribution in [0.1, 0.15) is 5.56 Å². The molecular formula is C21H22N4O2S. The van der Waals surface area contributed by atoms with Gasteiger partial charge >= 0.3 is 0 Å². The predicted octanol–water partition coefficient (Wildman–Crippen LogP) is 3.49. The van der Waals surface area contributed by atoms with Crippen molar-refractivity contribution < 1.29 is 9.21 Å². The second-order valence-electron chi connectivity index (χ2n) is 6.68. The minimum Gasteiger partial charge on any atom is -0.411 e. The van der Waals surface area contributed by atoms with Crippen molar-refractivity contribution in [1.29, 1.82) is 0 Å². The molecule has 0 atom stereocenters. The van der Waals surface area contributed by atoms with Gasteiger partial charge in [0.2, 0.25) is 11.8 Å². The number of benzene rings is 2. The van der Waals surface area contributed by atoms with Crippen molar-refractivity contribution in [3.05, 3.63) is 60.2 Å². The van der Waals surface area contributed by atoms with Crippen LogP contribution < -0.4 is 4.90 Å². The number of rotatable bonds is 5. The van der Waals surface area contributed by atoms with Gasteiger partial charge in [0, 0.05) is 37.4 Å². The molecule has 28 heavy (non-hydrogen) atoms. The number of aromatic nitrogens is 2. The Morgan fingerprint density at radius 2 is 1.71 bits per heavy atom. The summed E-state index contributed by atoms with van der Waals surface area (Å²) < 4.78 is 5.72. The molecule has 0 bridgehead atoms. The molecule has 0 aliphatic carbocycles. The molecule has 7 heteroatoms. The molecule has 4 rings (SSSR count). The fraction of sp³-hybridized carbons (Fsp3) is 0.286. The van der Waals surface area contributed by atoms with Gasteiger partial charge in [-0.25, -0.2) is 0 Å². The van der Waals surface area contributed by atoms with Crippen LogP contribution in [0.25, 0.3) is 11.5 Å². The molecule has 1 aromatic heterocycles. The molecule has 144 valence electrons. The smallest absolute Gasteiger partial charge is 0.277 e. The second-order valence-corrected chi connectivity index (χ2v) is 7.61. The quantitative estimate of drug-likeness (QED) is 0.618. The molecule has 3 aromatic rings. The molecule has 2 aromatic carbocycles. The highest BCUT2D eigenvalue weighted by Gasteiger charge is 2.22. The number of carbonyl (C=O) groups excluding carboxylic acids is 1. The average molecular weight is 395 g/mol. The Kier molecular flexibility index (Phi) is 5.62. The summed E-state index contributed by atoms with van der Waals surface area (Å²) in [6.07, 6.45) is 0. The van der Waals surface area contributed by atoms with Gasteiger partial charge in [0.25, 0.3) is 5.22 Å². The fourth-order valence-corrected chi connectivity index (χ4v) is 3.92. The van der Waals surface area contributed by atoms with Crippen molar-refractivity contribution in [2.45, 2.75) is 12.1 Å². The Balaban J connectivity index is 1.29. The summed E-state index contributed by atoms with van der Waals surface area (Å²) in [7, 11) is 0. The van der Waals surface area contributed by atoms with Gasteiger partial charge in [-0.3, -0.25) is 4.79 Å². The van der Waals surface area contributed by atoms with Crippen LogP contribution in [0.3, 0.4) is 0 Å². The first kappa shape index (κ1) is 18.6. The maximum absolute atomic E-state index is 12.5. The van der Waals surface area contributed by atoms with E-state index in [1.807, 2.05) is 54.3 Å². The molecule has 1 aliphatic rings. The number of hydrogen-bond donors (Lipinski definition) is 0. The Morgan fingerprint density at radius 1 is 1.00 bits per heavy atom. The molecule has 0 unspecified atom stereocenters. The number of amides is 1. The van der Waals surface area contributed by atoms with Crippen molar-refractivity contribution in [3.63, 3.8) is 0 Å². The first-order chi connectivity index (χ1) is 13.7. The Bertz CT molecular complexity index is 936. The third-order valence-electron chi connectivity index (χ3n) is 4.85. The normalized spacial score (nSPS) is 14.3. The first-order valence-electron chi connectivity index (χ1n) is 9.31. The lowest BCUT2D eigenvalue weighted by atomic mass is 10.1. The fourth-order valence-electron chi connectivity index (χ4n) is 3.26. The van der Waals surface area contributed by atoms with E-state index in [9.17, 15) is 4.79 Å². The number of anilines is 1. The monoisotopic (exact) mass is 394 g/mol. The van der Waals surface area contributed by atoms with Crippen LogP contribution in [0, 0.1) is 6.92 Å². The van der Waals surface area contributed by atoms with E-state index in [1.165, 1.54) is 17.4 Å². The van der Waals surface area contributed by atoms with Crippen LogP contribution in [0.5, 0.6) is 0 Å². The molecular weight excluding hydrogens is 372 g/mol. The summed E-state index contributed by atoms with van der Waals surface area (Å²) in [6.45, 7) is 5.15. The highest BCUT2D eigenvalue weighted by atomic mass is 32.2. The molecule has 0 N–H and O–H groups in total. The van der Waals surface area contributed by atoms with Gasteiger partial charge in [0.05, 0.1) is 5.75 Å². The largest absolute Gasteiger partial charge is 0.411 e. The minimum absolute atomic E-state index is 0.105. The van der Waals surface area contributed by atoms with Crippen LogP contribution in [-0.4, -0.2) is 52.9 Å². The number of nitrogens with zero attached hydrogens (tertiary/aromatic N) is 4. The van der Waals surface area contributed by atoms with Gasteiger partial charge in [-0.2, -0.15) is 0 Å². The number of para-hydroxylation sites is 1. The number of hydrogen-bond acceptors (Lipinski definition) is 6. The standard InChI is InChI=1S/C21H22N4O2S/c1-16-7-5-6-10-18(16)20-22-23-21(27-20)28-15-19(26)25-13-11-24(12-14-25)17-8-3-2-4-9-17/h2-10H,11-15H2,1H3. The van der Waals surface area contributed by atoms with E-state index in [4.69, 9.17) is 4.42 Å². The molecule has 0 radical (unpaired) electrons. The molecule has 2 heterocycles. The third-order valence-corrected chi connectivity index (χ3v) is 5.66. The molecule has 1 amide bonds. The number of carbonyl (C=O) groups is 1. The average Bonchev–Trinajstić information content (AvgIpc) is 3.22. The van der Waals surface area contributed by atoms with E-state index in [1.54, 1.807) is 0 Å². The summed E-state index contributed by atoms with van der Waals surface area (Å²) >= 11 is 1.30. The number of thioether (sulfide) groups is 1. The van der Waals surface area contributed by atoms with Crippen molar-refractivity contribution in [2.24, 2.45) is 0 Å². The van der Waals surface area contributed by atoms with Crippen molar-refractivity contribution >= 4 is 23.4 Å². The SMILES string of the molecule is Cc1ccccc1-c1nnc(SCC(=O)N2CCN(c3ccccc3)CC2)o1. The number of aryl methyl sites for hydroxylation is 1. The third kappa shape index (κ3) is 4.20. The Hall–Kier alpha value is -2.80. The molecule has 0 saturated carbocycles. The molecule has 1 fully saturated rings. The summed E-state index contributed by atoms with van der Waals surface area (Å²) in [5.41, 5.74) is 3.21. The van der Waals surface area contributed by atoms with Gasteiger partial charge < -0.3 is 14.2 Å². The summed E-state index contributed by atoms with van der Waals surface area (Å²) in [6, 6.07) is 18.2. The van der Waals surface area contributed by atoms with Gasteiger partial charge in [-0.05, 0) is 30.7 Å². The maximum atomic E-state index is 12.5. The van der Waals surface area contributed by atoms with Crippen LogP contribution in [0.4, 0.5) is 5.69 Å². The first-order valence-corrected chi connectivity index (χ1v) is 10.3. The molecule has 6 nitrogen and oxygen atoms in total. The summed E-state index contributed by atoms with van der Waals surface area (Å²) in [4.78, 5) is 16.8. The van der Waals surface area contributed by atoms with Crippen molar-refractivity contribution in [3.8, 4) is 11.5 Å². The number of piperazine rings is 1. The van der Waals surface area contributed by atoms with Crippen LogP contribution in [-0.2, 0) is 4.79 Å². The molecule has 1 saturated heterocycles. The maximum Gasteiger partial charge on any atom is 0.277 e. The second kappa shape index (κ2) is 8.48. The van der Waals surface area contributed by atoms with E-state index in [0.29, 0.717) is 16.9 Å². The zero-order chi connectivity index (χ0) is 19.3. The van der Waals surface area contributed by atoms with Crippen LogP contribution in [0.15, 0.2) is 64.2 Å². The molecule has 0 spiro atoms. The van der Waals surface area contributed by atoms with Gasteiger partial charge in [0.15, 0.2) is 0 Å². The van der Waals surface area contributed by atoms with Gasteiger partial charge in [-0.15, -0.1) is 10.2 Å². The van der Waals surface area contributed by atoms with E-state index < -0.39 is 0 Å².